The molecule has 7 heteroatoms. The molecule has 6 nitrogen and oxygen atoms in total. The highest BCUT2D eigenvalue weighted by Crippen LogP contribution is 2.14. The van der Waals surface area contributed by atoms with Gasteiger partial charge in [-0.15, -0.1) is 0 Å². The molecule has 1 aromatic rings. The van der Waals surface area contributed by atoms with Crippen LogP contribution in [-0.4, -0.2) is 16.5 Å². The molecular formula is C26H45IN4O2. The van der Waals surface area contributed by atoms with Gasteiger partial charge in [0, 0.05) is 34.8 Å². The number of amides is 3. The van der Waals surface area contributed by atoms with Crippen LogP contribution in [0.5, 0.6) is 0 Å². The standard InChI is InChI=1S/C26H45IN4O2/c1-2-3-4-5-6-7-8-9-10-11-12-13-14-15-16-17-22-28-26(33)29-23-18-20-24(21-19-23)30-31-25(27)32/h18-21,30H,2-17,22H2,1H3,(H,31,32)(H2,28,29,33). The van der Waals surface area contributed by atoms with Gasteiger partial charge in [0.2, 0.25) is 0 Å². The molecule has 0 aliphatic rings. The first-order valence-electron chi connectivity index (χ1n) is 13.0. The Balaban J connectivity index is 1.87. The van der Waals surface area contributed by atoms with Crippen LogP contribution in [0.4, 0.5) is 21.0 Å². The Morgan fingerprint density at radius 3 is 1.55 bits per heavy atom. The van der Waals surface area contributed by atoms with Crippen molar-refractivity contribution < 1.29 is 9.59 Å². The number of nitrogens with one attached hydrogen (secondary N) is 4. The minimum atomic E-state index is -0.191. The second-order valence-electron chi connectivity index (χ2n) is 8.79. The number of halogens is 1. The summed E-state index contributed by atoms with van der Waals surface area (Å²) in [5.74, 6) is 0. The molecule has 188 valence electrons. The summed E-state index contributed by atoms with van der Waals surface area (Å²) in [6.07, 6.45) is 21.6. The predicted octanol–water partition coefficient (Wildman–Crippen LogP) is 8.54. The third-order valence-corrected chi connectivity index (χ3v) is 6.03. The van der Waals surface area contributed by atoms with Crippen LogP contribution in [0.3, 0.4) is 0 Å². The van der Waals surface area contributed by atoms with Crippen molar-refractivity contribution in [3.05, 3.63) is 24.3 Å². The van der Waals surface area contributed by atoms with E-state index in [9.17, 15) is 9.59 Å². The van der Waals surface area contributed by atoms with Gasteiger partial charge >= 0.3 is 6.03 Å². The van der Waals surface area contributed by atoms with Gasteiger partial charge in [-0.25, -0.2) is 4.79 Å². The van der Waals surface area contributed by atoms with E-state index >= 15 is 0 Å². The Kier molecular flexibility index (Phi) is 18.8. The van der Waals surface area contributed by atoms with Crippen molar-refractivity contribution in [3.8, 4) is 0 Å². The number of urea groups is 1. The lowest BCUT2D eigenvalue weighted by Gasteiger charge is -2.09. The molecule has 0 aromatic heterocycles. The maximum atomic E-state index is 12.0. The van der Waals surface area contributed by atoms with E-state index in [0.717, 1.165) is 12.1 Å². The van der Waals surface area contributed by atoms with Gasteiger partial charge in [0.1, 0.15) is 0 Å². The predicted molar refractivity (Wildman–Crippen MR) is 149 cm³/mol. The molecule has 3 amide bonds. The van der Waals surface area contributed by atoms with Gasteiger partial charge < -0.3 is 10.6 Å². The number of anilines is 2. The van der Waals surface area contributed by atoms with Gasteiger partial charge in [-0.1, -0.05) is 103 Å². The number of rotatable bonds is 20. The van der Waals surface area contributed by atoms with Crippen molar-refractivity contribution in [3.63, 3.8) is 0 Å². The average molecular weight is 573 g/mol. The first-order chi connectivity index (χ1) is 16.1. The monoisotopic (exact) mass is 572 g/mol. The molecule has 0 bridgehead atoms. The van der Waals surface area contributed by atoms with E-state index in [2.05, 4.69) is 28.4 Å². The van der Waals surface area contributed by atoms with Crippen LogP contribution in [0, 0.1) is 0 Å². The summed E-state index contributed by atoms with van der Waals surface area (Å²) in [4.78, 5) is 22.8. The van der Waals surface area contributed by atoms with Crippen LogP contribution >= 0.6 is 22.6 Å². The van der Waals surface area contributed by atoms with Crippen molar-refractivity contribution in [1.82, 2.24) is 10.7 Å². The summed E-state index contributed by atoms with van der Waals surface area (Å²) in [5.41, 5.74) is 6.73. The fourth-order valence-electron chi connectivity index (χ4n) is 3.81. The lowest BCUT2D eigenvalue weighted by molar-refractivity contribution is 0.252. The maximum Gasteiger partial charge on any atom is 0.319 e. The molecule has 1 aromatic carbocycles. The largest absolute Gasteiger partial charge is 0.338 e. The molecule has 0 saturated carbocycles. The van der Waals surface area contributed by atoms with E-state index in [1.165, 1.54) is 96.3 Å². The van der Waals surface area contributed by atoms with E-state index in [1.54, 1.807) is 46.9 Å². The number of carbonyl (C=O) groups excluding carboxylic acids is 2. The number of benzene rings is 1. The number of unbranched alkanes of at least 4 members (excludes halogenated alkanes) is 15. The zero-order valence-corrected chi connectivity index (χ0v) is 22.7. The number of hydrogen-bond donors (Lipinski definition) is 4. The molecule has 0 spiro atoms. The summed E-state index contributed by atoms with van der Waals surface area (Å²) in [6, 6.07) is 6.97. The van der Waals surface area contributed by atoms with Crippen LogP contribution in [0.15, 0.2) is 24.3 Å². The van der Waals surface area contributed by atoms with Gasteiger partial charge in [-0.05, 0) is 30.7 Å². The molecule has 0 saturated heterocycles. The van der Waals surface area contributed by atoms with E-state index in [-0.39, 0.29) is 9.95 Å². The molecule has 0 radical (unpaired) electrons. The zero-order valence-electron chi connectivity index (χ0n) is 20.5. The van der Waals surface area contributed by atoms with Gasteiger partial charge in [-0.2, -0.15) is 0 Å². The number of hydrogen-bond acceptors (Lipinski definition) is 3. The molecule has 33 heavy (non-hydrogen) atoms. The Hall–Kier alpha value is -1.51. The van der Waals surface area contributed by atoms with Crippen LogP contribution in [-0.2, 0) is 0 Å². The molecule has 0 aliphatic heterocycles. The minimum absolute atomic E-state index is 0.183. The molecule has 0 atom stereocenters. The van der Waals surface area contributed by atoms with E-state index in [1.807, 2.05) is 0 Å². The lowest BCUT2D eigenvalue weighted by Crippen LogP contribution is -2.29. The maximum absolute atomic E-state index is 12.0. The summed E-state index contributed by atoms with van der Waals surface area (Å²) in [7, 11) is 0. The Morgan fingerprint density at radius 2 is 1.09 bits per heavy atom. The normalized spacial score (nSPS) is 10.6. The molecule has 0 aliphatic carbocycles. The average Bonchev–Trinajstić information content (AvgIpc) is 2.80. The fraction of sp³-hybridized carbons (Fsp3) is 0.692. The fourth-order valence-corrected chi connectivity index (χ4v) is 3.94. The van der Waals surface area contributed by atoms with Gasteiger partial charge in [0.15, 0.2) is 0 Å². The number of hydrazine groups is 1. The second kappa shape index (κ2) is 21.1. The second-order valence-corrected chi connectivity index (χ2v) is 9.77. The highest BCUT2D eigenvalue weighted by molar-refractivity contribution is 14.1. The van der Waals surface area contributed by atoms with E-state index < -0.39 is 0 Å². The van der Waals surface area contributed by atoms with Crippen molar-refractivity contribution in [1.29, 1.82) is 0 Å². The lowest BCUT2D eigenvalue weighted by atomic mass is 10.0. The van der Waals surface area contributed by atoms with Gasteiger partial charge in [0.05, 0.1) is 5.69 Å². The van der Waals surface area contributed by atoms with Crippen LogP contribution in [0.1, 0.15) is 110 Å². The molecule has 0 fully saturated rings. The quantitative estimate of drug-likeness (QED) is 0.0416. The van der Waals surface area contributed by atoms with Crippen molar-refractivity contribution in [2.24, 2.45) is 0 Å². The van der Waals surface area contributed by atoms with E-state index in [0.29, 0.717) is 12.2 Å². The molecule has 0 heterocycles. The van der Waals surface area contributed by atoms with E-state index in [4.69, 9.17) is 0 Å². The van der Waals surface area contributed by atoms with Crippen LogP contribution in [0.2, 0.25) is 0 Å². The summed E-state index contributed by atoms with van der Waals surface area (Å²) >= 11 is 1.65. The topological polar surface area (TPSA) is 82.3 Å². The van der Waals surface area contributed by atoms with Crippen LogP contribution < -0.4 is 21.5 Å². The molecular weight excluding hydrogens is 527 g/mol. The third kappa shape index (κ3) is 18.6. The molecule has 1 rings (SSSR count). The van der Waals surface area contributed by atoms with Crippen molar-refractivity contribution >= 4 is 43.9 Å². The SMILES string of the molecule is CCCCCCCCCCCCCCCCCCNC(=O)Nc1ccc(NNC(=O)I)cc1. The van der Waals surface area contributed by atoms with Crippen molar-refractivity contribution in [2.45, 2.75) is 110 Å². The smallest absolute Gasteiger partial charge is 0.319 e. The third-order valence-electron chi connectivity index (χ3n) is 5.76. The Bertz CT molecular complexity index is 625. The van der Waals surface area contributed by atoms with Crippen LogP contribution in [0.25, 0.3) is 0 Å². The van der Waals surface area contributed by atoms with Crippen molar-refractivity contribution in [2.75, 3.05) is 17.3 Å². The first kappa shape index (κ1) is 29.5. The first-order valence-corrected chi connectivity index (χ1v) is 14.1. The summed E-state index contributed by atoms with van der Waals surface area (Å²) < 4.78 is -0.191. The zero-order chi connectivity index (χ0) is 24.0. The number of carbonyl (C=O) groups is 2. The molecule has 4 N–H and O–H groups in total. The van der Waals surface area contributed by atoms with Gasteiger partial charge in [0.25, 0.3) is 3.91 Å². The Morgan fingerprint density at radius 1 is 0.667 bits per heavy atom. The van der Waals surface area contributed by atoms with Gasteiger partial charge in [-0.3, -0.25) is 15.6 Å². The highest BCUT2D eigenvalue weighted by Gasteiger charge is 2.02. The highest BCUT2D eigenvalue weighted by atomic mass is 127. The summed E-state index contributed by atoms with van der Waals surface area (Å²) in [6.45, 7) is 2.98. The Labute approximate surface area is 214 Å². The molecule has 0 unspecified atom stereocenters. The minimum Gasteiger partial charge on any atom is -0.338 e. The summed E-state index contributed by atoms with van der Waals surface area (Å²) in [5, 5.41) is 5.73.